The van der Waals surface area contributed by atoms with Crippen LogP contribution in [0.15, 0.2) is 0 Å². The molecule has 2 fully saturated rings. The van der Waals surface area contributed by atoms with Crippen molar-refractivity contribution in [1.29, 1.82) is 0 Å². The molecule has 0 heterocycles. The molecular weight excluding hydrogens is 148 g/mol. The summed E-state index contributed by atoms with van der Waals surface area (Å²) in [5.41, 5.74) is 0. The Bertz CT molecular complexity index is 142. The van der Waals surface area contributed by atoms with Crippen molar-refractivity contribution in [3.63, 3.8) is 0 Å². The van der Waals surface area contributed by atoms with Gasteiger partial charge in [0.2, 0.25) is 0 Å². The van der Waals surface area contributed by atoms with Crippen molar-refractivity contribution >= 4 is 6.29 Å². The monoisotopic (exact) mass is 165 g/mol. The lowest BCUT2D eigenvalue weighted by Crippen LogP contribution is -2.32. The fourth-order valence-electron chi connectivity index (χ4n) is 3.24. The molecule has 0 N–H and O–H groups in total. The Morgan fingerprint density at radius 3 is 1.92 bits per heavy atom. The van der Waals surface area contributed by atoms with Crippen molar-refractivity contribution in [2.24, 2.45) is 17.8 Å². The average Bonchev–Trinajstić information content (AvgIpc) is 2.04. The number of rotatable bonds is 2. The molecule has 0 amide bonds. The Hall–Kier alpha value is -0.330. The van der Waals surface area contributed by atoms with E-state index in [1.165, 1.54) is 38.5 Å². The molecule has 2 rings (SSSR count). The van der Waals surface area contributed by atoms with Gasteiger partial charge in [-0.2, -0.15) is 0 Å². The summed E-state index contributed by atoms with van der Waals surface area (Å²) < 4.78 is 0. The molecule has 1 heteroatoms. The Balaban J connectivity index is 2.03. The second kappa shape index (κ2) is 3.59. The molecule has 0 aliphatic heterocycles. The highest BCUT2D eigenvalue weighted by Gasteiger charge is 2.35. The topological polar surface area (TPSA) is 17.1 Å². The van der Waals surface area contributed by atoms with Crippen molar-refractivity contribution in [2.45, 2.75) is 44.9 Å². The van der Waals surface area contributed by atoms with Crippen LogP contribution in [0.4, 0.5) is 0 Å². The average molecular weight is 165 g/mol. The van der Waals surface area contributed by atoms with E-state index in [9.17, 15) is 4.79 Å². The van der Waals surface area contributed by atoms with Gasteiger partial charge in [-0.05, 0) is 17.8 Å². The second-order valence-corrected chi connectivity index (χ2v) is 4.39. The van der Waals surface area contributed by atoms with Crippen LogP contribution < -0.4 is 0 Å². The maximum Gasteiger partial charge on any atom is 0.198 e. The maximum absolute atomic E-state index is 10.4. The highest BCUT2D eigenvalue weighted by Crippen LogP contribution is 2.45. The van der Waals surface area contributed by atoms with E-state index in [0.717, 1.165) is 18.3 Å². The van der Waals surface area contributed by atoms with E-state index < -0.39 is 0 Å². The van der Waals surface area contributed by atoms with Crippen LogP contribution in [0.1, 0.15) is 44.9 Å². The largest absolute Gasteiger partial charge is 0.291 e. The van der Waals surface area contributed by atoms with Gasteiger partial charge in [-0.15, -0.1) is 0 Å². The summed E-state index contributed by atoms with van der Waals surface area (Å²) >= 11 is 0. The Labute approximate surface area is 74.5 Å². The van der Waals surface area contributed by atoms with Crippen molar-refractivity contribution in [3.05, 3.63) is 0 Å². The first-order chi connectivity index (χ1) is 5.92. The van der Waals surface area contributed by atoms with E-state index in [1.807, 2.05) is 0 Å². The van der Waals surface area contributed by atoms with Gasteiger partial charge >= 0.3 is 0 Å². The zero-order valence-corrected chi connectivity index (χ0v) is 7.59. The lowest BCUT2D eigenvalue weighted by Gasteiger charge is -2.41. The van der Waals surface area contributed by atoms with Crippen LogP contribution in [-0.4, -0.2) is 6.29 Å². The predicted octanol–water partition coefficient (Wildman–Crippen LogP) is 2.70. The summed E-state index contributed by atoms with van der Waals surface area (Å²) in [5, 5.41) is 0. The Morgan fingerprint density at radius 2 is 1.50 bits per heavy atom. The molecule has 0 aromatic heterocycles. The van der Waals surface area contributed by atoms with Gasteiger partial charge in [0, 0.05) is 6.42 Å². The number of fused-ring (bicyclic) bond motifs is 2. The first kappa shape index (κ1) is 8.28. The molecule has 0 saturated heterocycles. The first-order valence-electron chi connectivity index (χ1n) is 5.27. The lowest BCUT2D eigenvalue weighted by atomic mass is 9.64. The van der Waals surface area contributed by atoms with Crippen molar-refractivity contribution in [3.8, 4) is 0 Å². The zero-order valence-electron chi connectivity index (χ0n) is 7.59. The van der Waals surface area contributed by atoms with Gasteiger partial charge in [-0.1, -0.05) is 38.5 Å². The fraction of sp³-hybridized carbons (Fsp3) is 0.909. The van der Waals surface area contributed by atoms with Gasteiger partial charge in [0.25, 0.3) is 0 Å². The smallest absolute Gasteiger partial charge is 0.198 e. The van der Waals surface area contributed by atoms with Crippen molar-refractivity contribution < 1.29 is 4.79 Å². The van der Waals surface area contributed by atoms with Crippen molar-refractivity contribution in [2.75, 3.05) is 0 Å². The molecule has 2 aliphatic carbocycles. The molecule has 67 valence electrons. The van der Waals surface area contributed by atoms with Gasteiger partial charge in [-0.3, -0.25) is 4.79 Å². The lowest BCUT2D eigenvalue weighted by molar-refractivity contribution is 0.0977. The van der Waals surface area contributed by atoms with E-state index in [4.69, 9.17) is 0 Å². The molecule has 0 aromatic rings. The molecule has 12 heavy (non-hydrogen) atoms. The van der Waals surface area contributed by atoms with E-state index in [2.05, 4.69) is 6.29 Å². The molecule has 0 aromatic carbocycles. The summed E-state index contributed by atoms with van der Waals surface area (Å²) in [6.45, 7) is 0. The van der Waals surface area contributed by atoms with Crippen LogP contribution in [-0.2, 0) is 4.79 Å². The highest BCUT2D eigenvalue weighted by molar-refractivity contribution is 5.51. The number of hydrogen-bond acceptors (Lipinski definition) is 1. The summed E-state index contributed by atoms with van der Waals surface area (Å²) in [7, 11) is 0. The van der Waals surface area contributed by atoms with Crippen LogP contribution in [0.5, 0.6) is 0 Å². The van der Waals surface area contributed by atoms with Crippen LogP contribution >= 0.6 is 0 Å². The van der Waals surface area contributed by atoms with Gasteiger partial charge in [0.05, 0.1) is 0 Å². The minimum Gasteiger partial charge on any atom is -0.291 e. The summed E-state index contributed by atoms with van der Waals surface area (Å²) in [6, 6.07) is 0. The maximum atomic E-state index is 10.4. The molecule has 2 bridgehead atoms. The Morgan fingerprint density at radius 1 is 1.00 bits per heavy atom. The fourth-order valence-corrected chi connectivity index (χ4v) is 3.24. The first-order valence-corrected chi connectivity index (χ1v) is 5.27. The molecule has 0 unspecified atom stereocenters. The van der Waals surface area contributed by atoms with Crippen molar-refractivity contribution in [1.82, 2.24) is 0 Å². The third-order valence-corrected chi connectivity index (χ3v) is 3.83. The standard InChI is InChI=1S/C11H17O/c12-8-7-11-9-3-1-4-10(11)6-2-5-9/h9-11H,1-7H2. The predicted molar refractivity (Wildman–Crippen MR) is 48.5 cm³/mol. The zero-order chi connectivity index (χ0) is 8.39. The quantitative estimate of drug-likeness (QED) is 0.615. The molecular formula is C11H17O. The molecule has 1 nitrogen and oxygen atoms in total. The second-order valence-electron chi connectivity index (χ2n) is 4.39. The molecule has 0 spiro atoms. The summed E-state index contributed by atoms with van der Waals surface area (Å²) in [5.74, 6) is 2.46. The third-order valence-electron chi connectivity index (χ3n) is 3.83. The molecule has 0 atom stereocenters. The van der Waals surface area contributed by atoms with Crippen LogP contribution in [0, 0.1) is 17.8 Å². The van der Waals surface area contributed by atoms with E-state index in [0.29, 0.717) is 5.92 Å². The van der Waals surface area contributed by atoms with Gasteiger partial charge in [0.1, 0.15) is 0 Å². The number of hydrogen-bond donors (Lipinski definition) is 0. The molecule has 2 aliphatic rings. The van der Waals surface area contributed by atoms with Crippen LogP contribution in [0.25, 0.3) is 0 Å². The molecule has 2 saturated carbocycles. The minimum absolute atomic E-state index is 0.713. The summed E-state index contributed by atoms with van der Waals surface area (Å²) in [6.07, 6.45) is 11.2. The van der Waals surface area contributed by atoms with E-state index in [1.54, 1.807) is 0 Å². The Kier molecular flexibility index (Phi) is 2.48. The normalized spacial score (nSPS) is 40.8. The van der Waals surface area contributed by atoms with Gasteiger partial charge in [0.15, 0.2) is 6.29 Å². The van der Waals surface area contributed by atoms with E-state index >= 15 is 0 Å². The molecule has 1 radical (unpaired) electrons. The van der Waals surface area contributed by atoms with Gasteiger partial charge in [-0.25, -0.2) is 0 Å². The van der Waals surface area contributed by atoms with Crippen LogP contribution in [0.3, 0.4) is 0 Å². The van der Waals surface area contributed by atoms with E-state index in [-0.39, 0.29) is 0 Å². The number of carbonyl (C=O) groups excluding carboxylic acids is 1. The van der Waals surface area contributed by atoms with Gasteiger partial charge < -0.3 is 0 Å². The summed E-state index contributed by atoms with van der Waals surface area (Å²) in [4.78, 5) is 10.4. The SMILES string of the molecule is O=[C]CC1C2CCCC1CCC2. The van der Waals surface area contributed by atoms with Crippen LogP contribution in [0.2, 0.25) is 0 Å². The third kappa shape index (κ3) is 1.41. The highest BCUT2D eigenvalue weighted by atomic mass is 16.1. The minimum atomic E-state index is 0.713.